The Labute approximate surface area is 184 Å². The Hall–Kier alpha value is -3.20. The van der Waals surface area contributed by atoms with Gasteiger partial charge >= 0.3 is 6.18 Å². The minimum Gasteiger partial charge on any atom is -0.324 e. The number of benzene rings is 2. The average Bonchev–Trinajstić information content (AvgIpc) is 3.00. The van der Waals surface area contributed by atoms with Gasteiger partial charge in [0.1, 0.15) is 0 Å². The Bertz CT molecular complexity index is 972. The molecule has 0 spiro atoms. The van der Waals surface area contributed by atoms with Crippen LogP contribution in [-0.4, -0.2) is 53.7 Å². The van der Waals surface area contributed by atoms with E-state index in [1.54, 1.807) is 29.2 Å². The van der Waals surface area contributed by atoms with Gasteiger partial charge in [0.25, 0.3) is 11.8 Å². The standard InChI is InChI=1S/C23H24F3N3O3/c1-2-28(15-20(30)27-19-12-6-5-11-18(19)23(24,25)26)13-7-8-14-29-21(31)16-9-3-4-10-17(16)22(29)32/h3-6,9-12H,2,7-8,13-15H2,1H3,(H,27,30). The SMILES string of the molecule is CCN(CCCCN1C(=O)c2ccccc2C1=O)CC(=O)Nc1ccccc1C(F)(F)F. The van der Waals surface area contributed by atoms with E-state index in [9.17, 15) is 27.6 Å². The monoisotopic (exact) mass is 447 g/mol. The summed E-state index contributed by atoms with van der Waals surface area (Å²) in [6.07, 6.45) is -3.38. The first kappa shape index (κ1) is 23.5. The number of carbonyl (C=O) groups is 3. The van der Waals surface area contributed by atoms with E-state index < -0.39 is 17.6 Å². The molecular formula is C23H24F3N3O3. The molecule has 1 heterocycles. The molecule has 0 aliphatic carbocycles. The largest absolute Gasteiger partial charge is 0.418 e. The minimum atomic E-state index is -4.56. The van der Waals surface area contributed by atoms with Crippen molar-refractivity contribution in [2.45, 2.75) is 25.9 Å². The highest BCUT2D eigenvalue weighted by molar-refractivity contribution is 6.21. The van der Waals surface area contributed by atoms with Crippen LogP contribution in [0.25, 0.3) is 0 Å². The first-order valence-corrected chi connectivity index (χ1v) is 10.4. The van der Waals surface area contributed by atoms with Gasteiger partial charge in [0.2, 0.25) is 5.91 Å². The molecule has 3 amide bonds. The molecule has 0 radical (unpaired) electrons. The summed E-state index contributed by atoms with van der Waals surface area (Å²) in [5, 5.41) is 2.34. The molecule has 0 saturated heterocycles. The Morgan fingerprint density at radius 2 is 1.56 bits per heavy atom. The smallest absolute Gasteiger partial charge is 0.324 e. The maximum absolute atomic E-state index is 13.1. The van der Waals surface area contributed by atoms with Crippen molar-refractivity contribution in [3.63, 3.8) is 0 Å². The number of unbranched alkanes of at least 4 members (excludes halogenated alkanes) is 1. The Balaban J connectivity index is 1.47. The number of amides is 3. The van der Waals surface area contributed by atoms with Crippen LogP contribution in [0.3, 0.4) is 0 Å². The summed E-state index contributed by atoms with van der Waals surface area (Å²) in [6.45, 7) is 3.10. The van der Waals surface area contributed by atoms with Gasteiger partial charge in [-0.1, -0.05) is 31.2 Å². The van der Waals surface area contributed by atoms with Crippen LogP contribution in [0, 0.1) is 0 Å². The molecule has 0 atom stereocenters. The van der Waals surface area contributed by atoms with Crippen molar-refractivity contribution in [2.24, 2.45) is 0 Å². The van der Waals surface area contributed by atoms with Crippen molar-refractivity contribution >= 4 is 23.4 Å². The molecule has 2 aromatic rings. The summed E-state index contributed by atoms with van der Waals surface area (Å²) >= 11 is 0. The lowest BCUT2D eigenvalue weighted by Crippen LogP contribution is -2.35. The highest BCUT2D eigenvalue weighted by atomic mass is 19.4. The van der Waals surface area contributed by atoms with Crippen LogP contribution in [0.2, 0.25) is 0 Å². The molecular weight excluding hydrogens is 423 g/mol. The lowest BCUT2D eigenvalue weighted by molar-refractivity contribution is -0.137. The van der Waals surface area contributed by atoms with Crippen LogP contribution in [0.15, 0.2) is 48.5 Å². The number of anilines is 1. The number of halogens is 3. The third kappa shape index (κ3) is 5.34. The number of hydrogen-bond acceptors (Lipinski definition) is 4. The van der Waals surface area contributed by atoms with Gasteiger partial charge in [0.05, 0.1) is 28.9 Å². The highest BCUT2D eigenvalue weighted by Gasteiger charge is 2.35. The van der Waals surface area contributed by atoms with Crippen LogP contribution >= 0.6 is 0 Å². The highest BCUT2D eigenvalue weighted by Crippen LogP contribution is 2.34. The fraction of sp³-hybridized carbons (Fsp3) is 0.348. The van der Waals surface area contributed by atoms with Gasteiger partial charge in [0.15, 0.2) is 0 Å². The Morgan fingerprint density at radius 3 is 2.16 bits per heavy atom. The quantitative estimate of drug-likeness (QED) is 0.465. The molecule has 0 bridgehead atoms. The van der Waals surface area contributed by atoms with Gasteiger partial charge < -0.3 is 5.32 Å². The first-order valence-electron chi connectivity index (χ1n) is 10.4. The van der Waals surface area contributed by atoms with E-state index in [0.717, 1.165) is 6.07 Å². The molecule has 1 aliphatic heterocycles. The number of likely N-dealkylation sites (N-methyl/N-ethyl adjacent to an activating group) is 1. The van der Waals surface area contributed by atoms with E-state index in [1.807, 2.05) is 6.92 Å². The van der Waals surface area contributed by atoms with Crippen LogP contribution in [0.1, 0.15) is 46.0 Å². The number of nitrogens with zero attached hydrogens (tertiary/aromatic N) is 2. The van der Waals surface area contributed by atoms with Crippen molar-refractivity contribution in [3.05, 3.63) is 65.2 Å². The molecule has 2 aromatic carbocycles. The second-order valence-corrected chi connectivity index (χ2v) is 7.47. The second kappa shape index (κ2) is 9.95. The number of para-hydroxylation sites is 1. The number of nitrogens with one attached hydrogen (secondary N) is 1. The Kier molecular flexibility index (Phi) is 7.29. The summed E-state index contributed by atoms with van der Waals surface area (Å²) < 4.78 is 39.3. The number of imide groups is 1. The maximum Gasteiger partial charge on any atom is 0.418 e. The molecule has 9 heteroatoms. The van der Waals surface area contributed by atoms with E-state index >= 15 is 0 Å². The zero-order chi connectivity index (χ0) is 23.3. The lowest BCUT2D eigenvalue weighted by Gasteiger charge is -2.21. The predicted molar refractivity (Wildman–Crippen MR) is 113 cm³/mol. The Morgan fingerprint density at radius 1 is 0.969 bits per heavy atom. The van der Waals surface area contributed by atoms with Gasteiger partial charge in [-0.05, 0) is 50.2 Å². The molecule has 0 saturated carbocycles. The molecule has 0 fully saturated rings. The van der Waals surface area contributed by atoms with E-state index in [2.05, 4.69) is 5.32 Å². The summed E-state index contributed by atoms with van der Waals surface area (Å²) in [6, 6.07) is 11.5. The van der Waals surface area contributed by atoms with Crippen LogP contribution < -0.4 is 5.32 Å². The van der Waals surface area contributed by atoms with E-state index in [0.29, 0.717) is 37.1 Å². The lowest BCUT2D eigenvalue weighted by atomic mass is 10.1. The third-order valence-corrected chi connectivity index (χ3v) is 5.31. The molecule has 0 unspecified atom stereocenters. The number of carbonyl (C=O) groups excluding carboxylic acids is 3. The maximum atomic E-state index is 13.1. The van der Waals surface area contributed by atoms with Crippen molar-refractivity contribution in [3.8, 4) is 0 Å². The molecule has 32 heavy (non-hydrogen) atoms. The van der Waals surface area contributed by atoms with Gasteiger partial charge in [-0.3, -0.25) is 24.2 Å². The van der Waals surface area contributed by atoms with Gasteiger partial charge in [-0.25, -0.2) is 0 Å². The number of hydrogen-bond donors (Lipinski definition) is 1. The zero-order valence-electron chi connectivity index (χ0n) is 17.6. The van der Waals surface area contributed by atoms with Crippen LogP contribution in [0.4, 0.5) is 18.9 Å². The number of alkyl halides is 3. The second-order valence-electron chi connectivity index (χ2n) is 7.47. The fourth-order valence-corrected chi connectivity index (χ4v) is 3.63. The van der Waals surface area contributed by atoms with Gasteiger partial charge in [-0.2, -0.15) is 13.2 Å². The van der Waals surface area contributed by atoms with Gasteiger partial charge in [-0.15, -0.1) is 0 Å². The van der Waals surface area contributed by atoms with E-state index in [4.69, 9.17) is 0 Å². The average molecular weight is 447 g/mol. The molecule has 6 nitrogen and oxygen atoms in total. The molecule has 1 N–H and O–H groups in total. The van der Waals surface area contributed by atoms with Crippen molar-refractivity contribution in [1.29, 1.82) is 0 Å². The minimum absolute atomic E-state index is 0.0598. The molecule has 170 valence electrons. The topological polar surface area (TPSA) is 69.7 Å². The summed E-state index contributed by atoms with van der Waals surface area (Å²) in [7, 11) is 0. The van der Waals surface area contributed by atoms with Crippen molar-refractivity contribution < 1.29 is 27.6 Å². The summed E-state index contributed by atoms with van der Waals surface area (Å²) in [4.78, 5) is 40.1. The van der Waals surface area contributed by atoms with E-state index in [-0.39, 0.29) is 30.6 Å². The zero-order valence-corrected chi connectivity index (χ0v) is 17.6. The molecule has 3 rings (SSSR count). The van der Waals surface area contributed by atoms with Crippen molar-refractivity contribution in [1.82, 2.24) is 9.80 Å². The number of fused-ring (bicyclic) bond motifs is 1. The van der Waals surface area contributed by atoms with Crippen LogP contribution in [-0.2, 0) is 11.0 Å². The normalized spacial score (nSPS) is 13.6. The third-order valence-electron chi connectivity index (χ3n) is 5.31. The first-order chi connectivity index (χ1) is 15.2. The van der Waals surface area contributed by atoms with Crippen LogP contribution in [0.5, 0.6) is 0 Å². The predicted octanol–water partition coefficient (Wildman–Crippen LogP) is 4.04. The molecule has 0 aromatic heterocycles. The van der Waals surface area contributed by atoms with E-state index in [1.165, 1.54) is 23.1 Å². The van der Waals surface area contributed by atoms with Crippen molar-refractivity contribution in [2.75, 3.05) is 31.5 Å². The molecule has 1 aliphatic rings. The summed E-state index contributed by atoms with van der Waals surface area (Å²) in [5.41, 5.74) is -0.351. The van der Waals surface area contributed by atoms with Gasteiger partial charge in [0, 0.05) is 6.54 Å². The fourth-order valence-electron chi connectivity index (χ4n) is 3.63. The number of rotatable bonds is 9. The summed E-state index contributed by atoms with van der Waals surface area (Å²) in [5.74, 6) is -1.15.